The lowest BCUT2D eigenvalue weighted by Crippen LogP contribution is -2.56. The minimum atomic E-state index is -0.650. The highest BCUT2D eigenvalue weighted by Gasteiger charge is 2.39. The van der Waals surface area contributed by atoms with Gasteiger partial charge in [-0.05, 0) is 55.2 Å². The Balaban J connectivity index is 1.34. The summed E-state index contributed by atoms with van der Waals surface area (Å²) in [4.78, 5) is 47.7. The Bertz CT molecular complexity index is 1240. The van der Waals surface area contributed by atoms with Crippen molar-refractivity contribution in [3.8, 4) is 0 Å². The Hall–Kier alpha value is -3.94. The molecule has 1 aromatic carbocycles. The molecule has 4 heterocycles. The van der Waals surface area contributed by atoms with E-state index in [0.29, 0.717) is 38.3 Å². The fourth-order valence-corrected chi connectivity index (χ4v) is 4.94. The van der Waals surface area contributed by atoms with Crippen LogP contribution < -0.4 is 5.32 Å². The molecule has 1 N–H and O–H groups in total. The van der Waals surface area contributed by atoms with Crippen molar-refractivity contribution >= 4 is 23.5 Å². The van der Waals surface area contributed by atoms with Crippen LogP contribution in [0.5, 0.6) is 0 Å². The molecule has 5 rings (SSSR count). The standard InChI is InChI=1S/C27H28N4O4/c1-18-7-4-12-24(28-18)29-25(32)21-10-5-13-30(16-21)26(33)22-15-19-8-2-3-9-20(19)17-31(22)27(34)23-11-6-14-35-23/h2-4,6-9,11-12,14,21-22H,5,10,13,15-17H2,1H3,(H,28,29,32)/t21-,22-/m1/s1. The summed E-state index contributed by atoms with van der Waals surface area (Å²) in [5.41, 5.74) is 2.91. The van der Waals surface area contributed by atoms with Gasteiger partial charge in [-0.2, -0.15) is 0 Å². The molecule has 0 saturated carbocycles. The monoisotopic (exact) mass is 472 g/mol. The Labute approximate surface area is 203 Å². The highest BCUT2D eigenvalue weighted by Crippen LogP contribution is 2.28. The summed E-state index contributed by atoms with van der Waals surface area (Å²) in [5.74, 6) is -0.190. The van der Waals surface area contributed by atoms with E-state index < -0.39 is 6.04 Å². The Morgan fingerprint density at radius 1 is 1.03 bits per heavy atom. The van der Waals surface area contributed by atoms with Crippen LogP contribution in [0, 0.1) is 12.8 Å². The van der Waals surface area contributed by atoms with Crippen LogP contribution in [0.25, 0.3) is 0 Å². The maximum atomic E-state index is 13.8. The van der Waals surface area contributed by atoms with E-state index in [2.05, 4.69) is 10.3 Å². The molecule has 0 spiro atoms. The van der Waals surface area contributed by atoms with Gasteiger partial charge in [0.2, 0.25) is 11.8 Å². The summed E-state index contributed by atoms with van der Waals surface area (Å²) < 4.78 is 5.35. The first-order chi connectivity index (χ1) is 17.0. The van der Waals surface area contributed by atoms with Gasteiger partial charge in [-0.25, -0.2) is 4.98 Å². The summed E-state index contributed by atoms with van der Waals surface area (Å²) in [6.45, 7) is 3.08. The summed E-state index contributed by atoms with van der Waals surface area (Å²) in [6.07, 6.45) is 3.31. The number of rotatable bonds is 4. The van der Waals surface area contributed by atoms with Crippen molar-refractivity contribution in [3.63, 3.8) is 0 Å². The maximum Gasteiger partial charge on any atom is 0.290 e. The topological polar surface area (TPSA) is 95.8 Å². The van der Waals surface area contributed by atoms with Gasteiger partial charge in [0.05, 0.1) is 12.2 Å². The number of benzene rings is 1. The summed E-state index contributed by atoms with van der Waals surface area (Å²) in [7, 11) is 0. The third kappa shape index (κ3) is 4.82. The third-order valence-corrected chi connectivity index (χ3v) is 6.77. The van der Waals surface area contributed by atoms with E-state index in [0.717, 1.165) is 23.2 Å². The number of nitrogens with zero attached hydrogens (tertiary/aromatic N) is 3. The molecule has 0 bridgehead atoms. The molecule has 1 saturated heterocycles. The van der Waals surface area contributed by atoms with Gasteiger partial charge in [0.25, 0.3) is 5.91 Å². The molecule has 8 heteroatoms. The number of amides is 3. The number of furan rings is 1. The maximum absolute atomic E-state index is 13.8. The van der Waals surface area contributed by atoms with Crippen LogP contribution in [0.15, 0.2) is 65.3 Å². The molecule has 2 atom stereocenters. The minimum Gasteiger partial charge on any atom is -0.459 e. The number of aryl methyl sites for hydroxylation is 1. The molecular formula is C27H28N4O4. The third-order valence-electron chi connectivity index (χ3n) is 6.77. The number of carbonyl (C=O) groups excluding carboxylic acids is 3. The molecule has 0 aliphatic carbocycles. The summed E-state index contributed by atoms with van der Waals surface area (Å²) in [6, 6.07) is 16.0. The predicted molar refractivity (Wildman–Crippen MR) is 129 cm³/mol. The van der Waals surface area contributed by atoms with E-state index in [-0.39, 0.29) is 29.4 Å². The number of anilines is 1. The van der Waals surface area contributed by atoms with E-state index in [1.807, 2.05) is 43.3 Å². The quantitative estimate of drug-likeness (QED) is 0.628. The van der Waals surface area contributed by atoms with Crippen LogP contribution in [0.4, 0.5) is 5.82 Å². The molecule has 1 fully saturated rings. The first kappa shape index (κ1) is 22.8. The van der Waals surface area contributed by atoms with Crippen molar-refractivity contribution in [2.45, 2.75) is 38.8 Å². The number of nitrogens with one attached hydrogen (secondary N) is 1. The highest BCUT2D eigenvalue weighted by molar-refractivity contribution is 5.96. The van der Waals surface area contributed by atoms with Crippen LogP contribution in [-0.4, -0.2) is 51.6 Å². The first-order valence-electron chi connectivity index (χ1n) is 11.9. The number of fused-ring (bicyclic) bond motifs is 1. The molecule has 180 valence electrons. The number of hydrogen-bond donors (Lipinski definition) is 1. The van der Waals surface area contributed by atoms with Crippen molar-refractivity contribution in [2.24, 2.45) is 5.92 Å². The van der Waals surface area contributed by atoms with Gasteiger partial charge in [0.15, 0.2) is 5.76 Å². The fraction of sp³-hybridized carbons (Fsp3) is 0.333. The molecule has 0 unspecified atom stereocenters. The van der Waals surface area contributed by atoms with Crippen molar-refractivity contribution in [1.29, 1.82) is 0 Å². The molecule has 35 heavy (non-hydrogen) atoms. The van der Waals surface area contributed by atoms with Gasteiger partial charge >= 0.3 is 0 Å². The van der Waals surface area contributed by atoms with Gasteiger partial charge in [0, 0.05) is 31.7 Å². The van der Waals surface area contributed by atoms with Crippen LogP contribution >= 0.6 is 0 Å². The Morgan fingerprint density at radius 2 is 1.86 bits per heavy atom. The van der Waals surface area contributed by atoms with E-state index in [4.69, 9.17) is 4.42 Å². The van der Waals surface area contributed by atoms with Gasteiger partial charge in [-0.3, -0.25) is 14.4 Å². The summed E-state index contributed by atoms with van der Waals surface area (Å²) >= 11 is 0. The minimum absolute atomic E-state index is 0.134. The van der Waals surface area contributed by atoms with E-state index in [1.54, 1.807) is 28.0 Å². The number of carbonyl (C=O) groups is 3. The lowest BCUT2D eigenvalue weighted by Gasteiger charge is -2.40. The number of likely N-dealkylation sites (tertiary alicyclic amines) is 1. The van der Waals surface area contributed by atoms with Crippen molar-refractivity contribution in [3.05, 3.63) is 83.4 Å². The van der Waals surface area contributed by atoms with Crippen LogP contribution in [0.1, 0.15) is 40.2 Å². The second-order valence-corrected chi connectivity index (χ2v) is 9.18. The molecular weight excluding hydrogens is 444 g/mol. The zero-order valence-electron chi connectivity index (χ0n) is 19.6. The SMILES string of the molecule is Cc1cccc(NC(=O)[C@@H]2CCCN(C(=O)[C@H]3Cc4ccccc4CN3C(=O)c3ccco3)C2)n1. The van der Waals surface area contributed by atoms with Crippen LogP contribution in [0.3, 0.4) is 0 Å². The van der Waals surface area contributed by atoms with Gasteiger partial charge in [0.1, 0.15) is 11.9 Å². The van der Waals surface area contributed by atoms with Crippen molar-refractivity contribution < 1.29 is 18.8 Å². The Kier molecular flexibility index (Phi) is 6.35. The van der Waals surface area contributed by atoms with E-state index in [1.165, 1.54) is 6.26 Å². The molecule has 2 aromatic heterocycles. The molecule has 8 nitrogen and oxygen atoms in total. The largest absolute Gasteiger partial charge is 0.459 e. The van der Waals surface area contributed by atoms with Crippen molar-refractivity contribution in [2.75, 3.05) is 18.4 Å². The first-order valence-corrected chi connectivity index (χ1v) is 11.9. The zero-order valence-corrected chi connectivity index (χ0v) is 19.6. The van der Waals surface area contributed by atoms with E-state index in [9.17, 15) is 14.4 Å². The van der Waals surface area contributed by atoms with E-state index >= 15 is 0 Å². The summed E-state index contributed by atoms with van der Waals surface area (Å²) in [5, 5.41) is 2.89. The number of hydrogen-bond acceptors (Lipinski definition) is 5. The number of piperidine rings is 1. The van der Waals surface area contributed by atoms with Gasteiger partial charge < -0.3 is 19.5 Å². The molecule has 3 amide bonds. The highest BCUT2D eigenvalue weighted by atomic mass is 16.3. The Morgan fingerprint density at radius 3 is 2.63 bits per heavy atom. The average molecular weight is 473 g/mol. The second kappa shape index (κ2) is 9.74. The van der Waals surface area contributed by atoms with Crippen molar-refractivity contribution in [1.82, 2.24) is 14.8 Å². The zero-order chi connectivity index (χ0) is 24.4. The lowest BCUT2D eigenvalue weighted by atomic mass is 9.91. The fourth-order valence-electron chi connectivity index (χ4n) is 4.94. The van der Waals surface area contributed by atoms with Crippen LogP contribution in [0.2, 0.25) is 0 Å². The number of pyridine rings is 1. The van der Waals surface area contributed by atoms with Gasteiger partial charge in [-0.15, -0.1) is 0 Å². The van der Waals surface area contributed by atoms with Gasteiger partial charge in [-0.1, -0.05) is 30.3 Å². The number of aromatic nitrogens is 1. The average Bonchev–Trinajstić information content (AvgIpc) is 3.42. The predicted octanol–water partition coefficient (Wildman–Crippen LogP) is 3.43. The lowest BCUT2D eigenvalue weighted by molar-refractivity contribution is -0.139. The molecule has 2 aliphatic heterocycles. The molecule has 0 radical (unpaired) electrons. The molecule has 3 aromatic rings. The normalized spacial score (nSPS) is 19.7. The van der Waals surface area contributed by atoms with Crippen LogP contribution in [-0.2, 0) is 22.6 Å². The second-order valence-electron chi connectivity index (χ2n) is 9.18. The smallest absolute Gasteiger partial charge is 0.290 e. The molecule has 2 aliphatic rings.